The highest BCUT2D eigenvalue weighted by molar-refractivity contribution is 6.20. The molecule has 0 aromatic rings. The summed E-state index contributed by atoms with van der Waals surface area (Å²) in [6, 6.07) is -0.429. The van der Waals surface area contributed by atoms with Crippen molar-refractivity contribution >= 4 is 17.5 Å². The van der Waals surface area contributed by atoms with Gasteiger partial charge in [0, 0.05) is 38.6 Å². The highest BCUT2D eigenvalue weighted by atomic mass is 35.5. The van der Waals surface area contributed by atoms with Crippen molar-refractivity contribution in [3.8, 4) is 0 Å². The standard InChI is InChI=1S/C19H33ClN2O4/c1-5-26-18-10-15(16(21-24)11-17(18)25-4)19(23)22(3)12(2)13-6-8-14(20)9-7-13/h12-18H,5-11H2,1-4H3. The van der Waals surface area contributed by atoms with E-state index in [0.29, 0.717) is 25.4 Å². The Bertz CT molecular complexity index is 470. The maximum absolute atomic E-state index is 13.2. The van der Waals surface area contributed by atoms with Crippen LogP contribution < -0.4 is 0 Å². The van der Waals surface area contributed by atoms with Gasteiger partial charge in [0.25, 0.3) is 0 Å². The molecule has 2 aliphatic carbocycles. The molecule has 0 N–H and O–H groups in total. The van der Waals surface area contributed by atoms with Gasteiger partial charge in [0.2, 0.25) is 5.91 Å². The number of rotatable bonds is 7. The van der Waals surface area contributed by atoms with E-state index in [2.05, 4.69) is 12.1 Å². The Kier molecular flexibility index (Phi) is 8.30. The van der Waals surface area contributed by atoms with Gasteiger partial charge in [-0.15, -0.1) is 11.6 Å². The lowest BCUT2D eigenvalue weighted by Gasteiger charge is -2.41. The molecule has 0 spiro atoms. The fourth-order valence-corrected chi connectivity index (χ4v) is 4.72. The molecule has 0 aliphatic heterocycles. The van der Waals surface area contributed by atoms with Crippen molar-refractivity contribution < 1.29 is 14.3 Å². The van der Waals surface area contributed by atoms with Crippen molar-refractivity contribution in [1.29, 1.82) is 0 Å². The highest BCUT2D eigenvalue weighted by Crippen LogP contribution is 2.35. The quantitative estimate of drug-likeness (QED) is 0.493. The summed E-state index contributed by atoms with van der Waals surface area (Å²) in [4.78, 5) is 26.4. The van der Waals surface area contributed by atoms with Gasteiger partial charge in [-0.2, -0.15) is 4.91 Å². The number of hydrogen-bond acceptors (Lipinski definition) is 5. The lowest BCUT2D eigenvalue weighted by Crippen LogP contribution is -2.51. The second-order valence-electron chi connectivity index (χ2n) is 7.72. The summed E-state index contributed by atoms with van der Waals surface area (Å²) >= 11 is 6.21. The van der Waals surface area contributed by atoms with E-state index in [0.717, 1.165) is 25.7 Å². The topological polar surface area (TPSA) is 68.2 Å². The van der Waals surface area contributed by atoms with Crippen molar-refractivity contribution in [3.05, 3.63) is 4.91 Å². The number of ether oxygens (including phenoxy) is 2. The second kappa shape index (κ2) is 10.00. The number of carbonyl (C=O) groups excluding carboxylic acids is 1. The summed E-state index contributed by atoms with van der Waals surface area (Å²) in [7, 11) is 3.46. The average Bonchev–Trinajstić information content (AvgIpc) is 2.66. The van der Waals surface area contributed by atoms with Crippen LogP contribution in [0.3, 0.4) is 0 Å². The van der Waals surface area contributed by atoms with Crippen LogP contribution in [0.4, 0.5) is 0 Å². The largest absolute Gasteiger partial charge is 0.379 e. The molecular weight excluding hydrogens is 356 g/mol. The fraction of sp³-hybridized carbons (Fsp3) is 0.947. The van der Waals surface area contributed by atoms with Crippen LogP contribution in [0.1, 0.15) is 52.4 Å². The number of nitrogens with zero attached hydrogens (tertiary/aromatic N) is 2. The molecule has 0 heterocycles. The van der Waals surface area contributed by atoms with Crippen molar-refractivity contribution in [2.45, 2.75) is 82.0 Å². The summed E-state index contributed by atoms with van der Waals surface area (Å²) in [6.45, 7) is 4.58. The van der Waals surface area contributed by atoms with Crippen LogP contribution in [-0.4, -0.2) is 61.2 Å². The number of amides is 1. The first-order valence-electron chi connectivity index (χ1n) is 9.80. The van der Waals surface area contributed by atoms with Crippen LogP contribution in [-0.2, 0) is 14.3 Å². The molecule has 0 aromatic heterocycles. The zero-order valence-corrected chi connectivity index (χ0v) is 17.2. The van der Waals surface area contributed by atoms with Crippen LogP contribution in [0, 0.1) is 16.7 Å². The van der Waals surface area contributed by atoms with Crippen molar-refractivity contribution in [2.24, 2.45) is 17.0 Å². The molecule has 26 heavy (non-hydrogen) atoms. The predicted octanol–water partition coefficient (Wildman–Crippen LogP) is 3.60. The molecule has 6 nitrogen and oxygen atoms in total. The molecule has 7 heteroatoms. The third kappa shape index (κ3) is 4.96. The molecule has 0 bridgehead atoms. The third-order valence-corrected chi connectivity index (χ3v) is 6.75. The van der Waals surface area contributed by atoms with Crippen LogP contribution in [0.15, 0.2) is 5.18 Å². The molecule has 2 rings (SSSR count). The SMILES string of the molecule is CCOC1CC(C(=O)N(C)C(C)C2CCC(Cl)CC2)C(N=O)CC1OC. The van der Waals surface area contributed by atoms with Crippen LogP contribution in [0.5, 0.6) is 0 Å². The van der Waals surface area contributed by atoms with E-state index in [9.17, 15) is 9.70 Å². The Morgan fingerprint density at radius 1 is 1.23 bits per heavy atom. The van der Waals surface area contributed by atoms with Gasteiger partial charge in [0.15, 0.2) is 0 Å². The Labute approximate surface area is 161 Å². The predicted molar refractivity (Wildman–Crippen MR) is 102 cm³/mol. The number of methoxy groups -OCH3 is 1. The maximum atomic E-state index is 13.2. The fourth-order valence-electron chi connectivity index (χ4n) is 4.47. The molecule has 0 saturated heterocycles. The zero-order valence-electron chi connectivity index (χ0n) is 16.4. The van der Waals surface area contributed by atoms with Gasteiger partial charge in [0.1, 0.15) is 6.04 Å². The van der Waals surface area contributed by atoms with E-state index >= 15 is 0 Å². The minimum Gasteiger partial charge on any atom is -0.379 e. The normalized spacial score (nSPS) is 36.3. The Balaban J connectivity index is 2.05. The first-order valence-corrected chi connectivity index (χ1v) is 10.2. The van der Waals surface area contributed by atoms with Crippen molar-refractivity contribution in [2.75, 3.05) is 20.8 Å². The Morgan fingerprint density at radius 2 is 1.88 bits per heavy atom. The van der Waals surface area contributed by atoms with E-state index in [1.54, 1.807) is 7.11 Å². The summed E-state index contributed by atoms with van der Waals surface area (Å²) in [5, 5.41) is 3.52. The molecule has 150 valence electrons. The van der Waals surface area contributed by atoms with E-state index in [1.807, 2.05) is 18.9 Å². The molecular formula is C19H33ClN2O4. The summed E-state index contributed by atoms with van der Waals surface area (Å²) in [5.41, 5.74) is 0. The average molecular weight is 389 g/mol. The van der Waals surface area contributed by atoms with E-state index in [1.165, 1.54) is 0 Å². The second-order valence-corrected chi connectivity index (χ2v) is 8.34. The molecule has 0 radical (unpaired) electrons. The molecule has 5 unspecified atom stereocenters. The van der Waals surface area contributed by atoms with E-state index in [4.69, 9.17) is 21.1 Å². The third-order valence-electron chi connectivity index (χ3n) is 6.32. The van der Waals surface area contributed by atoms with Crippen LogP contribution in [0.25, 0.3) is 0 Å². The van der Waals surface area contributed by atoms with Gasteiger partial charge in [0.05, 0.1) is 18.1 Å². The molecule has 0 aromatic carbocycles. The monoisotopic (exact) mass is 388 g/mol. The van der Waals surface area contributed by atoms with Crippen LogP contribution in [0.2, 0.25) is 0 Å². The number of alkyl halides is 1. The first kappa shape index (κ1) is 21.6. The number of nitroso groups, excluding NO2 is 1. The lowest BCUT2D eigenvalue weighted by atomic mass is 9.79. The van der Waals surface area contributed by atoms with Gasteiger partial charge >= 0.3 is 0 Å². The number of carbonyl (C=O) groups is 1. The lowest BCUT2D eigenvalue weighted by molar-refractivity contribution is -0.146. The first-order chi connectivity index (χ1) is 12.4. The van der Waals surface area contributed by atoms with Gasteiger partial charge in [-0.3, -0.25) is 4.79 Å². The molecule has 2 fully saturated rings. The molecule has 2 aliphatic rings. The molecule has 1 amide bonds. The van der Waals surface area contributed by atoms with Crippen molar-refractivity contribution in [1.82, 2.24) is 4.90 Å². The Hall–Kier alpha value is -0.720. The van der Waals surface area contributed by atoms with Crippen LogP contribution >= 0.6 is 11.6 Å². The van der Waals surface area contributed by atoms with E-state index in [-0.39, 0.29) is 29.5 Å². The van der Waals surface area contributed by atoms with Gasteiger partial charge in [-0.1, -0.05) is 5.18 Å². The minimum absolute atomic E-state index is 0.00523. The minimum atomic E-state index is -0.558. The number of hydrogen-bond donors (Lipinski definition) is 0. The van der Waals surface area contributed by atoms with Gasteiger partial charge in [-0.05, 0) is 51.9 Å². The van der Waals surface area contributed by atoms with Crippen molar-refractivity contribution in [3.63, 3.8) is 0 Å². The Morgan fingerprint density at radius 3 is 2.42 bits per heavy atom. The molecule has 2 saturated carbocycles. The van der Waals surface area contributed by atoms with E-state index < -0.39 is 12.0 Å². The van der Waals surface area contributed by atoms with Gasteiger partial charge < -0.3 is 14.4 Å². The number of halogens is 1. The summed E-state index contributed by atoms with van der Waals surface area (Å²) in [5.74, 6) is 0.0150. The highest BCUT2D eigenvalue weighted by Gasteiger charge is 2.44. The smallest absolute Gasteiger partial charge is 0.228 e. The van der Waals surface area contributed by atoms with Gasteiger partial charge in [-0.25, -0.2) is 0 Å². The summed E-state index contributed by atoms with van der Waals surface area (Å²) < 4.78 is 11.2. The molecule has 5 atom stereocenters. The zero-order chi connectivity index (χ0) is 19.3. The maximum Gasteiger partial charge on any atom is 0.228 e. The summed E-state index contributed by atoms with van der Waals surface area (Å²) in [6.07, 6.45) is 4.63.